The quantitative estimate of drug-likeness (QED) is 0.569. The fourth-order valence-electron chi connectivity index (χ4n) is 2.33. The van der Waals surface area contributed by atoms with Crippen molar-refractivity contribution in [3.63, 3.8) is 0 Å². The van der Waals surface area contributed by atoms with Gasteiger partial charge in [-0.1, -0.05) is 52.4 Å². The van der Waals surface area contributed by atoms with Crippen molar-refractivity contribution in [1.29, 1.82) is 0 Å². The number of hydrogen-bond donors (Lipinski definition) is 1. The monoisotopic (exact) mass is 212 g/mol. The van der Waals surface area contributed by atoms with Gasteiger partial charge in [0, 0.05) is 0 Å². The molecule has 0 aromatic rings. The number of unbranched alkanes of at least 4 members (excludes halogenated alkanes) is 5. The number of aliphatic hydroxyl groups is 1. The number of aliphatic hydroxyl groups excluding tert-OH is 1. The highest BCUT2D eigenvalue weighted by molar-refractivity contribution is 4.82. The predicted octanol–water partition coefficient (Wildman–Crippen LogP) is 4.14. The van der Waals surface area contributed by atoms with Crippen molar-refractivity contribution < 1.29 is 5.11 Å². The molecule has 1 aliphatic rings. The topological polar surface area (TPSA) is 20.2 Å². The molecule has 0 bridgehead atoms. The van der Waals surface area contributed by atoms with Gasteiger partial charge in [-0.25, -0.2) is 0 Å². The first-order valence-corrected chi connectivity index (χ1v) is 6.93. The summed E-state index contributed by atoms with van der Waals surface area (Å²) in [4.78, 5) is 0. The molecule has 1 fully saturated rings. The molecule has 0 aromatic carbocycles. The maximum atomic E-state index is 9.93. The van der Waals surface area contributed by atoms with Crippen molar-refractivity contribution in [3.8, 4) is 0 Å². The third kappa shape index (κ3) is 5.55. The molecule has 1 aliphatic carbocycles. The number of rotatable bonds is 9. The molecule has 2 atom stereocenters. The Morgan fingerprint density at radius 3 is 2.27 bits per heavy atom. The van der Waals surface area contributed by atoms with Gasteiger partial charge in [-0.2, -0.15) is 0 Å². The molecule has 0 saturated heterocycles. The van der Waals surface area contributed by atoms with E-state index in [1.807, 2.05) is 0 Å². The van der Waals surface area contributed by atoms with E-state index >= 15 is 0 Å². The van der Waals surface area contributed by atoms with Crippen LogP contribution >= 0.6 is 0 Å². The van der Waals surface area contributed by atoms with Crippen LogP contribution in [-0.4, -0.2) is 11.2 Å². The molecule has 90 valence electrons. The third-order valence-electron chi connectivity index (χ3n) is 3.83. The van der Waals surface area contributed by atoms with Gasteiger partial charge in [-0.3, -0.25) is 0 Å². The summed E-state index contributed by atoms with van der Waals surface area (Å²) >= 11 is 0. The summed E-state index contributed by atoms with van der Waals surface area (Å²) in [6.07, 6.45) is 11.7. The van der Waals surface area contributed by atoms with Gasteiger partial charge in [0.25, 0.3) is 0 Å². The lowest BCUT2D eigenvalue weighted by Gasteiger charge is -2.17. The van der Waals surface area contributed by atoms with Gasteiger partial charge in [0.15, 0.2) is 0 Å². The molecular weight excluding hydrogens is 184 g/mol. The zero-order valence-corrected chi connectivity index (χ0v) is 10.5. The molecule has 2 unspecified atom stereocenters. The molecule has 1 N–H and O–H groups in total. The summed E-state index contributed by atoms with van der Waals surface area (Å²) in [5, 5.41) is 9.93. The van der Waals surface area contributed by atoms with E-state index in [0.29, 0.717) is 5.92 Å². The third-order valence-corrected chi connectivity index (χ3v) is 3.83. The Bertz CT molecular complexity index is 151. The molecule has 0 aromatic heterocycles. The van der Waals surface area contributed by atoms with Crippen molar-refractivity contribution in [3.05, 3.63) is 0 Å². The SMILES string of the molecule is CCCCCCCCC(O)C(C)C1CC1. The second-order valence-corrected chi connectivity index (χ2v) is 5.32. The Morgan fingerprint density at radius 2 is 1.67 bits per heavy atom. The highest BCUT2D eigenvalue weighted by atomic mass is 16.3. The van der Waals surface area contributed by atoms with E-state index in [2.05, 4.69) is 13.8 Å². The van der Waals surface area contributed by atoms with Gasteiger partial charge in [-0.15, -0.1) is 0 Å². The zero-order chi connectivity index (χ0) is 11.1. The molecular formula is C14H28O. The average Bonchev–Trinajstić information content (AvgIpc) is 3.05. The van der Waals surface area contributed by atoms with Crippen LogP contribution in [0.3, 0.4) is 0 Å². The average molecular weight is 212 g/mol. The molecule has 1 rings (SSSR count). The molecule has 0 radical (unpaired) electrons. The van der Waals surface area contributed by atoms with E-state index in [0.717, 1.165) is 12.3 Å². The smallest absolute Gasteiger partial charge is 0.0568 e. The first-order chi connectivity index (χ1) is 7.25. The van der Waals surface area contributed by atoms with E-state index in [1.165, 1.54) is 51.4 Å². The lowest BCUT2D eigenvalue weighted by molar-refractivity contribution is 0.0936. The van der Waals surface area contributed by atoms with Gasteiger partial charge < -0.3 is 5.11 Å². The van der Waals surface area contributed by atoms with E-state index in [-0.39, 0.29) is 6.10 Å². The van der Waals surface area contributed by atoms with E-state index in [1.54, 1.807) is 0 Å². The largest absolute Gasteiger partial charge is 0.393 e. The van der Waals surface area contributed by atoms with Crippen LogP contribution in [0.1, 0.15) is 71.6 Å². The highest BCUT2D eigenvalue weighted by Crippen LogP contribution is 2.39. The van der Waals surface area contributed by atoms with Gasteiger partial charge in [0.2, 0.25) is 0 Å². The minimum Gasteiger partial charge on any atom is -0.393 e. The summed E-state index contributed by atoms with van der Waals surface area (Å²) in [5.74, 6) is 1.40. The second-order valence-electron chi connectivity index (χ2n) is 5.32. The summed E-state index contributed by atoms with van der Waals surface area (Å²) in [6, 6.07) is 0. The Hall–Kier alpha value is -0.0400. The Labute approximate surface area is 95.3 Å². The normalized spacial score (nSPS) is 20.2. The Morgan fingerprint density at radius 1 is 1.07 bits per heavy atom. The van der Waals surface area contributed by atoms with Crippen LogP contribution in [0, 0.1) is 11.8 Å². The summed E-state index contributed by atoms with van der Waals surface area (Å²) in [5.41, 5.74) is 0. The van der Waals surface area contributed by atoms with Crippen molar-refractivity contribution in [2.75, 3.05) is 0 Å². The maximum Gasteiger partial charge on any atom is 0.0568 e. The Kier molecular flexibility index (Phi) is 6.31. The lowest BCUT2D eigenvalue weighted by atomic mass is 9.94. The van der Waals surface area contributed by atoms with Crippen LogP contribution in [0.25, 0.3) is 0 Å². The van der Waals surface area contributed by atoms with Gasteiger partial charge in [-0.05, 0) is 31.1 Å². The first-order valence-electron chi connectivity index (χ1n) is 6.93. The minimum atomic E-state index is -0.0244. The van der Waals surface area contributed by atoms with Crippen LogP contribution < -0.4 is 0 Å². The summed E-state index contributed by atoms with van der Waals surface area (Å²) < 4.78 is 0. The standard InChI is InChI=1S/C14H28O/c1-3-4-5-6-7-8-9-14(15)12(2)13-10-11-13/h12-15H,3-11H2,1-2H3. The van der Waals surface area contributed by atoms with E-state index < -0.39 is 0 Å². The molecule has 0 amide bonds. The molecule has 1 nitrogen and oxygen atoms in total. The minimum absolute atomic E-state index is 0.0244. The van der Waals surface area contributed by atoms with Crippen LogP contribution in [0.15, 0.2) is 0 Å². The Balaban J connectivity index is 1.89. The van der Waals surface area contributed by atoms with Crippen LogP contribution in [-0.2, 0) is 0 Å². The van der Waals surface area contributed by atoms with Crippen molar-refractivity contribution in [2.24, 2.45) is 11.8 Å². The van der Waals surface area contributed by atoms with Crippen molar-refractivity contribution in [1.82, 2.24) is 0 Å². The van der Waals surface area contributed by atoms with Crippen LogP contribution in [0.5, 0.6) is 0 Å². The summed E-state index contributed by atoms with van der Waals surface area (Å²) in [6.45, 7) is 4.47. The highest BCUT2D eigenvalue weighted by Gasteiger charge is 2.31. The van der Waals surface area contributed by atoms with Gasteiger partial charge >= 0.3 is 0 Å². The molecule has 0 spiro atoms. The fourth-order valence-corrected chi connectivity index (χ4v) is 2.33. The van der Waals surface area contributed by atoms with Crippen LogP contribution in [0.4, 0.5) is 0 Å². The van der Waals surface area contributed by atoms with E-state index in [9.17, 15) is 5.11 Å². The molecule has 15 heavy (non-hydrogen) atoms. The van der Waals surface area contributed by atoms with Crippen LogP contribution in [0.2, 0.25) is 0 Å². The molecule has 1 heteroatoms. The molecule has 0 aliphatic heterocycles. The van der Waals surface area contributed by atoms with Gasteiger partial charge in [0.1, 0.15) is 0 Å². The van der Waals surface area contributed by atoms with E-state index in [4.69, 9.17) is 0 Å². The molecule has 1 saturated carbocycles. The predicted molar refractivity (Wildman–Crippen MR) is 65.9 cm³/mol. The van der Waals surface area contributed by atoms with Gasteiger partial charge in [0.05, 0.1) is 6.10 Å². The maximum absolute atomic E-state index is 9.93. The van der Waals surface area contributed by atoms with Crippen molar-refractivity contribution >= 4 is 0 Å². The lowest BCUT2D eigenvalue weighted by Crippen LogP contribution is -2.19. The van der Waals surface area contributed by atoms with Crippen molar-refractivity contribution in [2.45, 2.75) is 77.7 Å². The zero-order valence-electron chi connectivity index (χ0n) is 10.5. The fraction of sp³-hybridized carbons (Fsp3) is 1.00. The second kappa shape index (κ2) is 7.27. The number of hydrogen-bond acceptors (Lipinski definition) is 1. The summed E-state index contributed by atoms with van der Waals surface area (Å²) in [7, 11) is 0. The molecule has 0 heterocycles. The first kappa shape index (κ1) is 13.0.